The summed E-state index contributed by atoms with van der Waals surface area (Å²) in [4.78, 5) is 6.73. The molecule has 0 saturated carbocycles. The summed E-state index contributed by atoms with van der Waals surface area (Å²) in [6.45, 7) is 5.95. The number of anilines is 1. The zero-order chi connectivity index (χ0) is 13.8. The number of likely N-dealkylation sites (tertiary alicyclic amines) is 1. The topological polar surface area (TPSA) is 28.2 Å². The zero-order valence-electron chi connectivity index (χ0n) is 12.6. The highest BCUT2D eigenvalue weighted by atomic mass is 35.5. The van der Waals surface area contributed by atoms with Crippen molar-refractivity contribution >= 4 is 28.9 Å². The molecule has 0 amide bonds. The summed E-state index contributed by atoms with van der Waals surface area (Å²) >= 11 is 0. The molecular formula is C17H24ClN3. The molecule has 1 aromatic heterocycles. The van der Waals surface area contributed by atoms with Gasteiger partial charge in [-0.3, -0.25) is 4.98 Å². The van der Waals surface area contributed by atoms with Gasteiger partial charge in [0.1, 0.15) is 0 Å². The Morgan fingerprint density at radius 1 is 1.19 bits per heavy atom. The molecule has 1 N–H and O–H groups in total. The van der Waals surface area contributed by atoms with E-state index in [4.69, 9.17) is 0 Å². The Kier molecular flexibility index (Phi) is 5.83. The van der Waals surface area contributed by atoms with Crippen LogP contribution in [0.15, 0.2) is 36.7 Å². The van der Waals surface area contributed by atoms with Crippen molar-refractivity contribution in [2.45, 2.75) is 32.2 Å². The molecule has 4 heteroatoms. The van der Waals surface area contributed by atoms with Gasteiger partial charge < -0.3 is 10.2 Å². The summed E-state index contributed by atoms with van der Waals surface area (Å²) in [6.07, 6.45) is 7.53. The van der Waals surface area contributed by atoms with Crippen LogP contribution in [0.25, 0.3) is 10.8 Å². The Morgan fingerprint density at radius 3 is 2.76 bits per heavy atom. The lowest BCUT2D eigenvalue weighted by molar-refractivity contribution is 0.219. The molecule has 114 valence electrons. The highest BCUT2D eigenvalue weighted by Crippen LogP contribution is 2.21. The van der Waals surface area contributed by atoms with Gasteiger partial charge in [-0.05, 0) is 49.4 Å². The van der Waals surface area contributed by atoms with Crippen LogP contribution in [0.2, 0.25) is 0 Å². The SMILES string of the molecule is CCCN1CCC(Nc2ccc3cnccc3c2)CC1.Cl. The number of benzene rings is 1. The second-order valence-electron chi connectivity index (χ2n) is 5.70. The van der Waals surface area contributed by atoms with Crippen molar-refractivity contribution in [2.24, 2.45) is 0 Å². The fourth-order valence-corrected chi connectivity index (χ4v) is 3.03. The summed E-state index contributed by atoms with van der Waals surface area (Å²) in [7, 11) is 0. The summed E-state index contributed by atoms with van der Waals surface area (Å²) in [5, 5.41) is 6.15. The molecule has 2 heterocycles. The van der Waals surface area contributed by atoms with E-state index in [2.05, 4.69) is 46.4 Å². The number of rotatable bonds is 4. The van der Waals surface area contributed by atoms with Gasteiger partial charge in [0, 0.05) is 42.6 Å². The fourth-order valence-electron chi connectivity index (χ4n) is 3.03. The van der Waals surface area contributed by atoms with Gasteiger partial charge in [-0.25, -0.2) is 0 Å². The van der Waals surface area contributed by atoms with E-state index in [1.807, 2.05) is 12.4 Å². The molecule has 1 saturated heterocycles. The fraction of sp³-hybridized carbons (Fsp3) is 0.471. The molecule has 0 unspecified atom stereocenters. The van der Waals surface area contributed by atoms with E-state index in [1.165, 1.54) is 55.4 Å². The maximum atomic E-state index is 4.16. The first-order chi connectivity index (χ1) is 9.85. The first-order valence-corrected chi connectivity index (χ1v) is 7.68. The van der Waals surface area contributed by atoms with Crippen molar-refractivity contribution in [3.05, 3.63) is 36.7 Å². The molecule has 0 atom stereocenters. The third-order valence-electron chi connectivity index (χ3n) is 4.14. The van der Waals surface area contributed by atoms with Crippen LogP contribution in [0.3, 0.4) is 0 Å². The first-order valence-electron chi connectivity index (χ1n) is 7.68. The summed E-state index contributed by atoms with van der Waals surface area (Å²) < 4.78 is 0. The lowest BCUT2D eigenvalue weighted by Gasteiger charge is -2.32. The molecule has 0 spiro atoms. The predicted molar refractivity (Wildman–Crippen MR) is 92.4 cm³/mol. The van der Waals surface area contributed by atoms with E-state index in [0.29, 0.717) is 6.04 Å². The minimum Gasteiger partial charge on any atom is -0.382 e. The van der Waals surface area contributed by atoms with Gasteiger partial charge in [-0.2, -0.15) is 0 Å². The molecule has 0 aliphatic carbocycles. The lowest BCUT2D eigenvalue weighted by Crippen LogP contribution is -2.39. The van der Waals surface area contributed by atoms with E-state index in [1.54, 1.807) is 0 Å². The molecule has 0 radical (unpaired) electrons. The molecule has 3 rings (SSSR count). The van der Waals surface area contributed by atoms with Crippen LogP contribution >= 0.6 is 12.4 Å². The monoisotopic (exact) mass is 305 g/mol. The van der Waals surface area contributed by atoms with Crippen LogP contribution in [0.1, 0.15) is 26.2 Å². The maximum absolute atomic E-state index is 4.16. The maximum Gasteiger partial charge on any atom is 0.0348 e. The molecule has 1 aliphatic heterocycles. The van der Waals surface area contributed by atoms with Crippen LogP contribution in [0, 0.1) is 0 Å². The average Bonchev–Trinajstić information content (AvgIpc) is 2.49. The number of hydrogen-bond donors (Lipinski definition) is 1. The molecule has 21 heavy (non-hydrogen) atoms. The Balaban J connectivity index is 0.00000161. The van der Waals surface area contributed by atoms with Gasteiger partial charge in [-0.15, -0.1) is 12.4 Å². The number of piperidine rings is 1. The molecule has 1 fully saturated rings. The van der Waals surface area contributed by atoms with Crippen molar-refractivity contribution in [1.29, 1.82) is 0 Å². The summed E-state index contributed by atoms with van der Waals surface area (Å²) in [6, 6.07) is 9.24. The quantitative estimate of drug-likeness (QED) is 0.927. The number of aromatic nitrogens is 1. The minimum absolute atomic E-state index is 0. The van der Waals surface area contributed by atoms with Gasteiger partial charge in [-0.1, -0.05) is 13.0 Å². The van der Waals surface area contributed by atoms with Crippen LogP contribution in [0.4, 0.5) is 5.69 Å². The van der Waals surface area contributed by atoms with E-state index in [0.717, 1.165) is 0 Å². The Labute approximate surface area is 133 Å². The smallest absolute Gasteiger partial charge is 0.0348 e. The predicted octanol–water partition coefficient (Wildman–Crippen LogP) is 3.94. The van der Waals surface area contributed by atoms with E-state index in [9.17, 15) is 0 Å². The van der Waals surface area contributed by atoms with E-state index < -0.39 is 0 Å². The standard InChI is InChI=1S/C17H23N3.ClH/c1-2-9-20-10-6-16(7-11-20)19-17-4-3-15-13-18-8-5-14(15)12-17;/h3-5,8,12-13,16,19H,2,6-7,9-11H2,1H3;1H. The summed E-state index contributed by atoms with van der Waals surface area (Å²) in [5.74, 6) is 0. The highest BCUT2D eigenvalue weighted by molar-refractivity contribution is 5.85. The second kappa shape index (κ2) is 7.62. The van der Waals surface area contributed by atoms with Crippen molar-refractivity contribution in [1.82, 2.24) is 9.88 Å². The largest absolute Gasteiger partial charge is 0.382 e. The van der Waals surface area contributed by atoms with E-state index in [-0.39, 0.29) is 12.4 Å². The number of halogens is 1. The van der Waals surface area contributed by atoms with E-state index >= 15 is 0 Å². The third-order valence-corrected chi connectivity index (χ3v) is 4.14. The molecular weight excluding hydrogens is 282 g/mol. The lowest BCUT2D eigenvalue weighted by atomic mass is 10.0. The number of fused-ring (bicyclic) bond motifs is 1. The Morgan fingerprint density at radius 2 is 2.00 bits per heavy atom. The van der Waals surface area contributed by atoms with Gasteiger partial charge in [0.15, 0.2) is 0 Å². The molecule has 2 aromatic rings. The van der Waals surface area contributed by atoms with Crippen LogP contribution in [-0.4, -0.2) is 35.6 Å². The third kappa shape index (κ3) is 4.08. The van der Waals surface area contributed by atoms with Crippen LogP contribution in [-0.2, 0) is 0 Å². The summed E-state index contributed by atoms with van der Waals surface area (Å²) in [5.41, 5.74) is 1.23. The van der Waals surface area contributed by atoms with Crippen molar-refractivity contribution in [3.8, 4) is 0 Å². The number of hydrogen-bond acceptors (Lipinski definition) is 3. The molecule has 1 aromatic carbocycles. The van der Waals surface area contributed by atoms with Crippen molar-refractivity contribution < 1.29 is 0 Å². The van der Waals surface area contributed by atoms with Gasteiger partial charge in [0.2, 0.25) is 0 Å². The van der Waals surface area contributed by atoms with Gasteiger partial charge in [0.05, 0.1) is 0 Å². The second-order valence-corrected chi connectivity index (χ2v) is 5.70. The van der Waals surface area contributed by atoms with Gasteiger partial charge in [0.25, 0.3) is 0 Å². The molecule has 3 nitrogen and oxygen atoms in total. The minimum atomic E-state index is 0. The number of nitrogens with zero attached hydrogens (tertiary/aromatic N) is 2. The normalized spacial score (nSPS) is 16.6. The van der Waals surface area contributed by atoms with Crippen molar-refractivity contribution in [2.75, 3.05) is 25.0 Å². The first kappa shape index (κ1) is 16.1. The zero-order valence-corrected chi connectivity index (χ0v) is 13.4. The Bertz CT molecular complexity index is 565. The Hall–Kier alpha value is -1.32. The molecule has 1 aliphatic rings. The average molecular weight is 306 g/mol. The van der Waals surface area contributed by atoms with Crippen LogP contribution < -0.4 is 5.32 Å². The number of nitrogens with one attached hydrogen (secondary N) is 1. The van der Waals surface area contributed by atoms with Gasteiger partial charge >= 0.3 is 0 Å². The van der Waals surface area contributed by atoms with Crippen molar-refractivity contribution in [3.63, 3.8) is 0 Å². The van der Waals surface area contributed by atoms with Crippen LogP contribution in [0.5, 0.6) is 0 Å². The highest BCUT2D eigenvalue weighted by Gasteiger charge is 2.18. The number of pyridine rings is 1. The molecule has 0 bridgehead atoms.